The molecule has 0 aliphatic heterocycles. The first-order chi connectivity index (χ1) is 11.3. The van der Waals surface area contributed by atoms with Gasteiger partial charge in [-0.1, -0.05) is 46.3 Å². The number of sulfonamides is 1. The molecule has 0 aromatic heterocycles. The average Bonchev–Trinajstić information content (AvgIpc) is 2.55. The number of carbonyl (C=O) groups is 1. The first-order valence-electron chi connectivity index (χ1n) is 7.32. The van der Waals surface area contributed by atoms with Crippen molar-refractivity contribution in [3.63, 3.8) is 0 Å². The van der Waals surface area contributed by atoms with Crippen LogP contribution in [0.1, 0.15) is 18.0 Å². The van der Waals surface area contributed by atoms with Crippen LogP contribution in [-0.2, 0) is 14.8 Å². The molecule has 0 fully saturated rings. The summed E-state index contributed by atoms with van der Waals surface area (Å²) in [5, 5.41) is 0. The van der Waals surface area contributed by atoms with Crippen LogP contribution in [-0.4, -0.2) is 33.3 Å². The molecule has 1 N–H and O–H groups in total. The van der Waals surface area contributed by atoms with Gasteiger partial charge < -0.3 is 4.90 Å². The Bertz CT molecular complexity index is 790. The average molecular weight is 411 g/mol. The summed E-state index contributed by atoms with van der Waals surface area (Å²) in [5.74, 6) is -0.151. The summed E-state index contributed by atoms with van der Waals surface area (Å²) in [4.78, 5) is 13.7. The second-order valence-corrected chi connectivity index (χ2v) is 8.16. The van der Waals surface area contributed by atoms with Gasteiger partial charge in [-0.25, -0.2) is 13.1 Å². The highest BCUT2D eigenvalue weighted by Crippen LogP contribution is 2.22. The minimum atomic E-state index is -3.74. The van der Waals surface area contributed by atoms with Crippen molar-refractivity contribution in [3.8, 4) is 0 Å². The van der Waals surface area contributed by atoms with Crippen LogP contribution in [0.5, 0.6) is 0 Å². The lowest BCUT2D eigenvalue weighted by atomic mass is 10.0. The van der Waals surface area contributed by atoms with E-state index in [9.17, 15) is 13.2 Å². The predicted molar refractivity (Wildman–Crippen MR) is 97.0 cm³/mol. The molecule has 1 unspecified atom stereocenters. The van der Waals surface area contributed by atoms with Crippen molar-refractivity contribution in [1.29, 1.82) is 0 Å². The van der Waals surface area contributed by atoms with Crippen LogP contribution in [0.4, 0.5) is 0 Å². The molecule has 5 nitrogen and oxygen atoms in total. The summed E-state index contributed by atoms with van der Waals surface area (Å²) in [5.41, 5.74) is 0.744. The van der Waals surface area contributed by atoms with Gasteiger partial charge in [-0.15, -0.1) is 0 Å². The van der Waals surface area contributed by atoms with E-state index >= 15 is 0 Å². The van der Waals surface area contributed by atoms with E-state index in [1.165, 1.54) is 17.0 Å². The summed E-state index contributed by atoms with van der Waals surface area (Å²) in [6, 6.07) is 14.8. The number of benzene rings is 2. The molecule has 0 radical (unpaired) electrons. The molecule has 128 valence electrons. The van der Waals surface area contributed by atoms with Gasteiger partial charge in [0.2, 0.25) is 15.9 Å². The molecule has 0 aliphatic rings. The van der Waals surface area contributed by atoms with Gasteiger partial charge in [0.15, 0.2) is 0 Å². The minimum absolute atomic E-state index is 0.0484. The number of hydrogen-bond donors (Lipinski definition) is 1. The van der Waals surface area contributed by atoms with Gasteiger partial charge in [0.05, 0.1) is 10.9 Å². The number of hydrogen-bond acceptors (Lipinski definition) is 3. The third kappa shape index (κ3) is 4.90. The van der Waals surface area contributed by atoms with E-state index in [1.807, 2.05) is 18.2 Å². The van der Waals surface area contributed by atoms with Gasteiger partial charge in [-0.3, -0.25) is 4.79 Å². The fourth-order valence-electron chi connectivity index (χ4n) is 2.14. The first-order valence-corrected chi connectivity index (χ1v) is 9.60. The van der Waals surface area contributed by atoms with Gasteiger partial charge in [-0.05, 0) is 29.8 Å². The SMILES string of the molecule is CN(C)C(=O)CC(NS(=O)(=O)c1ccc(Br)cc1)c1ccccc1. The highest BCUT2D eigenvalue weighted by molar-refractivity contribution is 9.10. The summed E-state index contributed by atoms with van der Waals surface area (Å²) < 4.78 is 28.7. The normalized spacial score (nSPS) is 12.6. The van der Waals surface area contributed by atoms with E-state index in [2.05, 4.69) is 20.7 Å². The van der Waals surface area contributed by atoms with Crippen molar-refractivity contribution in [2.75, 3.05) is 14.1 Å². The third-order valence-electron chi connectivity index (χ3n) is 3.50. The van der Waals surface area contributed by atoms with E-state index in [-0.39, 0.29) is 17.2 Å². The van der Waals surface area contributed by atoms with Crippen molar-refractivity contribution >= 4 is 31.9 Å². The van der Waals surface area contributed by atoms with E-state index in [0.29, 0.717) is 0 Å². The second kappa shape index (κ2) is 7.92. The molecule has 0 spiro atoms. The molecule has 0 saturated heterocycles. The monoisotopic (exact) mass is 410 g/mol. The summed E-state index contributed by atoms with van der Waals surface area (Å²) in [6.45, 7) is 0. The Balaban J connectivity index is 2.30. The van der Waals surface area contributed by atoms with Crippen LogP contribution in [0.3, 0.4) is 0 Å². The van der Waals surface area contributed by atoms with Gasteiger partial charge in [0.25, 0.3) is 0 Å². The number of halogens is 1. The summed E-state index contributed by atoms with van der Waals surface area (Å²) >= 11 is 3.28. The molecular formula is C17H19BrN2O3S. The Morgan fingerprint density at radius 2 is 1.67 bits per heavy atom. The van der Waals surface area contributed by atoms with Crippen molar-refractivity contribution in [2.24, 2.45) is 0 Å². The maximum atomic E-state index is 12.6. The van der Waals surface area contributed by atoms with Crippen LogP contribution < -0.4 is 4.72 Å². The number of rotatable bonds is 6. The molecule has 2 rings (SSSR count). The van der Waals surface area contributed by atoms with Crippen molar-refractivity contribution in [1.82, 2.24) is 9.62 Å². The number of carbonyl (C=O) groups excluding carboxylic acids is 1. The van der Waals surface area contributed by atoms with Gasteiger partial charge in [0, 0.05) is 25.0 Å². The number of nitrogens with one attached hydrogen (secondary N) is 1. The Morgan fingerprint density at radius 1 is 1.08 bits per heavy atom. The van der Waals surface area contributed by atoms with E-state index in [4.69, 9.17) is 0 Å². The van der Waals surface area contributed by atoms with Crippen molar-refractivity contribution in [3.05, 3.63) is 64.6 Å². The highest BCUT2D eigenvalue weighted by Gasteiger charge is 2.24. The van der Waals surface area contributed by atoms with Crippen LogP contribution in [0, 0.1) is 0 Å². The largest absolute Gasteiger partial charge is 0.349 e. The molecule has 24 heavy (non-hydrogen) atoms. The molecule has 1 atom stereocenters. The van der Waals surface area contributed by atoms with E-state index in [0.717, 1.165) is 10.0 Å². The third-order valence-corrected chi connectivity index (χ3v) is 5.52. The maximum Gasteiger partial charge on any atom is 0.241 e. The lowest BCUT2D eigenvalue weighted by molar-refractivity contribution is -0.129. The smallest absolute Gasteiger partial charge is 0.241 e. The maximum absolute atomic E-state index is 12.6. The Hall–Kier alpha value is -1.70. The fourth-order valence-corrected chi connectivity index (χ4v) is 3.63. The summed E-state index contributed by atoms with van der Waals surface area (Å²) in [6.07, 6.45) is 0.0484. The lowest BCUT2D eigenvalue weighted by Crippen LogP contribution is -2.33. The Morgan fingerprint density at radius 3 is 2.21 bits per heavy atom. The molecule has 0 saturated carbocycles. The first kappa shape index (κ1) is 18.6. The minimum Gasteiger partial charge on any atom is -0.349 e. The molecule has 0 heterocycles. The standard InChI is InChI=1S/C17H19BrN2O3S/c1-20(2)17(21)12-16(13-6-4-3-5-7-13)19-24(22,23)15-10-8-14(18)9-11-15/h3-11,16,19H,12H2,1-2H3. The summed E-state index contributed by atoms with van der Waals surface area (Å²) in [7, 11) is -0.444. The second-order valence-electron chi connectivity index (χ2n) is 5.53. The molecule has 0 aliphatic carbocycles. The molecule has 1 amide bonds. The Labute approximate surface area is 150 Å². The molecular weight excluding hydrogens is 392 g/mol. The van der Waals surface area contributed by atoms with Gasteiger partial charge in [-0.2, -0.15) is 0 Å². The van der Waals surface area contributed by atoms with E-state index < -0.39 is 16.1 Å². The van der Waals surface area contributed by atoms with Crippen LogP contribution in [0.2, 0.25) is 0 Å². The van der Waals surface area contributed by atoms with Crippen molar-refractivity contribution < 1.29 is 13.2 Å². The van der Waals surface area contributed by atoms with Crippen LogP contribution in [0.15, 0.2) is 64.0 Å². The van der Waals surface area contributed by atoms with E-state index in [1.54, 1.807) is 38.4 Å². The Kier molecular flexibility index (Phi) is 6.15. The number of nitrogens with zero attached hydrogens (tertiary/aromatic N) is 1. The predicted octanol–water partition coefficient (Wildman–Crippen LogP) is 2.95. The van der Waals surface area contributed by atoms with Crippen LogP contribution >= 0.6 is 15.9 Å². The zero-order valence-electron chi connectivity index (χ0n) is 13.4. The van der Waals surface area contributed by atoms with Crippen molar-refractivity contribution in [2.45, 2.75) is 17.4 Å². The van der Waals surface area contributed by atoms with Gasteiger partial charge in [0.1, 0.15) is 0 Å². The fraction of sp³-hybridized carbons (Fsp3) is 0.235. The number of amides is 1. The lowest BCUT2D eigenvalue weighted by Gasteiger charge is -2.21. The topological polar surface area (TPSA) is 66.5 Å². The van der Waals surface area contributed by atoms with Crippen LogP contribution in [0.25, 0.3) is 0 Å². The highest BCUT2D eigenvalue weighted by atomic mass is 79.9. The van der Waals surface area contributed by atoms with Gasteiger partial charge >= 0.3 is 0 Å². The molecule has 2 aromatic rings. The quantitative estimate of drug-likeness (QED) is 0.795. The molecule has 7 heteroatoms. The zero-order valence-corrected chi connectivity index (χ0v) is 15.8. The molecule has 0 bridgehead atoms. The zero-order chi connectivity index (χ0) is 17.7. The molecule has 2 aromatic carbocycles.